The van der Waals surface area contributed by atoms with Crippen LogP contribution in [0.15, 0.2) is 0 Å². The Morgan fingerprint density at radius 3 is 2.54 bits per heavy atom. The summed E-state index contributed by atoms with van der Waals surface area (Å²) >= 11 is 0. The zero-order valence-electron chi connectivity index (χ0n) is 15.8. The molecule has 3 aliphatic rings. The minimum atomic E-state index is -0.803. The van der Waals surface area contributed by atoms with Gasteiger partial charge in [-0.25, -0.2) is 9.69 Å². The van der Waals surface area contributed by atoms with Gasteiger partial charge in [0.2, 0.25) is 5.91 Å². The molecule has 1 heterocycles. The molecule has 5 atom stereocenters. The molecular formula is C19H31NO4. The number of ether oxygens (including phenoxy) is 1. The maximum absolute atomic E-state index is 13.1. The molecule has 0 unspecified atom stereocenters. The minimum absolute atomic E-state index is 0.0722. The van der Waals surface area contributed by atoms with E-state index in [1.54, 1.807) is 6.92 Å². The summed E-state index contributed by atoms with van der Waals surface area (Å²) in [6, 6.07) is -0.0883. The van der Waals surface area contributed by atoms with E-state index in [2.05, 4.69) is 13.8 Å². The van der Waals surface area contributed by atoms with Crippen LogP contribution in [0.25, 0.3) is 0 Å². The lowest BCUT2D eigenvalue weighted by atomic mass is 9.67. The lowest BCUT2D eigenvalue weighted by Gasteiger charge is -2.49. The summed E-state index contributed by atoms with van der Waals surface area (Å²) in [6.07, 6.45) is 1.67. The fourth-order valence-corrected chi connectivity index (χ4v) is 5.47. The van der Waals surface area contributed by atoms with Gasteiger partial charge < -0.3 is 9.84 Å². The van der Waals surface area contributed by atoms with Crippen molar-refractivity contribution in [1.29, 1.82) is 0 Å². The van der Waals surface area contributed by atoms with Gasteiger partial charge in [-0.1, -0.05) is 41.5 Å². The van der Waals surface area contributed by atoms with E-state index < -0.39 is 23.5 Å². The lowest BCUT2D eigenvalue weighted by molar-refractivity contribution is -0.152. The van der Waals surface area contributed by atoms with Gasteiger partial charge in [0.1, 0.15) is 6.61 Å². The number of nitrogens with zero attached hydrogens (tertiary/aromatic N) is 1. The first-order chi connectivity index (χ1) is 10.9. The van der Waals surface area contributed by atoms with Crippen molar-refractivity contribution in [2.45, 2.75) is 73.0 Å². The lowest BCUT2D eigenvalue weighted by Crippen LogP contribution is -2.61. The summed E-state index contributed by atoms with van der Waals surface area (Å²) in [6.45, 7) is 12.3. The number of carbonyl (C=O) groups excluding carboxylic acids is 2. The van der Waals surface area contributed by atoms with E-state index in [-0.39, 0.29) is 22.8 Å². The monoisotopic (exact) mass is 337 g/mol. The Kier molecular flexibility index (Phi) is 3.84. The highest BCUT2D eigenvalue weighted by molar-refractivity contribution is 5.94. The van der Waals surface area contributed by atoms with Crippen LogP contribution < -0.4 is 0 Å². The summed E-state index contributed by atoms with van der Waals surface area (Å²) < 4.78 is 5.48. The first-order valence-corrected chi connectivity index (χ1v) is 9.11. The van der Waals surface area contributed by atoms with Crippen LogP contribution in [0.2, 0.25) is 0 Å². The van der Waals surface area contributed by atoms with Gasteiger partial charge >= 0.3 is 6.09 Å². The molecule has 0 aromatic carbocycles. The van der Waals surface area contributed by atoms with Crippen LogP contribution in [0.3, 0.4) is 0 Å². The highest BCUT2D eigenvalue weighted by atomic mass is 16.6. The molecule has 3 fully saturated rings. The van der Waals surface area contributed by atoms with Crippen LogP contribution in [0.5, 0.6) is 0 Å². The quantitative estimate of drug-likeness (QED) is 0.840. The van der Waals surface area contributed by atoms with Crippen LogP contribution in [-0.2, 0) is 9.53 Å². The smallest absolute Gasteiger partial charge is 0.416 e. The van der Waals surface area contributed by atoms with Crippen molar-refractivity contribution < 1.29 is 19.4 Å². The maximum Gasteiger partial charge on any atom is 0.416 e. The SMILES string of the molecule is C[C@H](C(=O)N1C(=O)OC[C@]23CC[C@H](C[C@@H]12)C3(C)C)[C@H](O)C(C)(C)C. The van der Waals surface area contributed by atoms with E-state index in [1.165, 1.54) is 4.90 Å². The maximum atomic E-state index is 13.1. The number of aliphatic hydroxyl groups is 1. The first kappa shape index (κ1) is 17.7. The molecule has 0 radical (unpaired) electrons. The third-order valence-electron chi connectivity index (χ3n) is 7.34. The molecule has 2 saturated carbocycles. The van der Waals surface area contributed by atoms with Crippen molar-refractivity contribution in [2.24, 2.45) is 28.1 Å². The van der Waals surface area contributed by atoms with E-state index in [4.69, 9.17) is 4.74 Å². The van der Waals surface area contributed by atoms with Gasteiger partial charge in [-0.2, -0.15) is 0 Å². The molecule has 2 bridgehead atoms. The minimum Gasteiger partial charge on any atom is -0.448 e. The number of carbonyl (C=O) groups is 2. The van der Waals surface area contributed by atoms with Crippen LogP contribution in [0.1, 0.15) is 60.8 Å². The summed E-state index contributed by atoms with van der Waals surface area (Å²) in [5.41, 5.74) is -0.475. The molecule has 3 rings (SSSR count). The molecule has 1 saturated heterocycles. The third-order valence-corrected chi connectivity index (χ3v) is 7.34. The predicted octanol–water partition coefficient (Wildman–Crippen LogP) is 3.20. The van der Waals surface area contributed by atoms with Crippen molar-refractivity contribution in [3.63, 3.8) is 0 Å². The van der Waals surface area contributed by atoms with E-state index in [1.807, 2.05) is 20.8 Å². The number of hydrogen-bond donors (Lipinski definition) is 1. The average Bonchev–Trinajstić information content (AvgIpc) is 2.86. The number of fused-ring (bicyclic) bond motifs is 1. The Labute approximate surface area is 144 Å². The Bertz CT molecular complexity index is 564. The van der Waals surface area contributed by atoms with E-state index in [0.29, 0.717) is 12.5 Å². The second kappa shape index (κ2) is 5.20. The molecule has 0 aromatic heterocycles. The summed E-state index contributed by atoms with van der Waals surface area (Å²) in [5, 5.41) is 10.5. The van der Waals surface area contributed by atoms with E-state index in [9.17, 15) is 14.7 Å². The predicted molar refractivity (Wildman–Crippen MR) is 90.2 cm³/mol. The normalized spacial score (nSPS) is 37.0. The molecule has 1 N–H and O–H groups in total. The van der Waals surface area contributed by atoms with Crippen molar-refractivity contribution in [3.05, 3.63) is 0 Å². The molecule has 1 spiro atoms. The van der Waals surface area contributed by atoms with Crippen LogP contribution in [0.4, 0.5) is 4.79 Å². The number of amides is 2. The fraction of sp³-hybridized carbons (Fsp3) is 0.895. The van der Waals surface area contributed by atoms with Crippen LogP contribution in [-0.4, -0.2) is 40.8 Å². The van der Waals surface area contributed by atoms with Crippen molar-refractivity contribution in [3.8, 4) is 0 Å². The van der Waals surface area contributed by atoms with Crippen molar-refractivity contribution >= 4 is 12.0 Å². The summed E-state index contributed by atoms with van der Waals surface area (Å²) in [7, 11) is 0. The van der Waals surface area contributed by atoms with Crippen molar-refractivity contribution in [2.75, 3.05) is 6.61 Å². The molecule has 136 valence electrons. The molecule has 5 nitrogen and oxygen atoms in total. The first-order valence-electron chi connectivity index (χ1n) is 9.11. The highest BCUT2D eigenvalue weighted by Crippen LogP contribution is 2.68. The van der Waals surface area contributed by atoms with Crippen LogP contribution in [0, 0.1) is 28.1 Å². The van der Waals surface area contributed by atoms with E-state index in [0.717, 1.165) is 19.3 Å². The molecule has 24 heavy (non-hydrogen) atoms. The van der Waals surface area contributed by atoms with Gasteiger partial charge in [0.25, 0.3) is 0 Å². The molecule has 2 aliphatic carbocycles. The third kappa shape index (κ3) is 2.16. The Balaban J connectivity index is 1.90. The molecule has 0 aromatic rings. The summed E-state index contributed by atoms with van der Waals surface area (Å²) in [5.74, 6) is -0.403. The van der Waals surface area contributed by atoms with Gasteiger partial charge in [0.15, 0.2) is 0 Å². The largest absolute Gasteiger partial charge is 0.448 e. The fourth-order valence-electron chi connectivity index (χ4n) is 5.47. The van der Waals surface area contributed by atoms with Gasteiger partial charge in [-0.05, 0) is 36.0 Å². The van der Waals surface area contributed by atoms with Gasteiger partial charge in [-0.3, -0.25) is 4.79 Å². The zero-order valence-corrected chi connectivity index (χ0v) is 15.8. The molecule has 5 heteroatoms. The Hall–Kier alpha value is -1.10. The second-order valence-electron chi connectivity index (χ2n) is 9.73. The second-order valence-corrected chi connectivity index (χ2v) is 9.73. The Morgan fingerprint density at radius 1 is 1.38 bits per heavy atom. The van der Waals surface area contributed by atoms with Gasteiger partial charge in [-0.15, -0.1) is 0 Å². The summed E-state index contributed by atoms with van der Waals surface area (Å²) in [4.78, 5) is 26.9. The molecular weight excluding hydrogens is 306 g/mol. The number of rotatable bonds is 2. The number of imide groups is 1. The zero-order chi connectivity index (χ0) is 18.1. The average molecular weight is 337 g/mol. The van der Waals surface area contributed by atoms with Crippen LogP contribution >= 0.6 is 0 Å². The number of aliphatic hydroxyl groups excluding tert-OH is 1. The topological polar surface area (TPSA) is 66.8 Å². The molecule has 2 amide bonds. The van der Waals surface area contributed by atoms with Gasteiger partial charge in [0.05, 0.1) is 18.1 Å². The number of cyclic esters (lactones) is 1. The van der Waals surface area contributed by atoms with Crippen molar-refractivity contribution in [1.82, 2.24) is 4.90 Å². The Morgan fingerprint density at radius 2 is 2.00 bits per heavy atom. The van der Waals surface area contributed by atoms with E-state index >= 15 is 0 Å². The van der Waals surface area contributed by atoms with Gasteiger partial charge in [0, 0.05) is 5.41 Å². The highest BCUT2D eigenvalue weighted by Gasteiger charge is 2.69. The molecule has 1 aliphatic heterocycles. The number of hydrogen-bond acceptors (Lipinski definition) is 4. The standard InChI is InChI=1S/C19H31NO4/c1-11(14(21)17(2,3)4)15(22)20-13-9-12-7-8-19(13,18(12,5)6)10-24-16(20)23/h11-14,21H,7-10H2,1-6H3/t11-,12+,13+,14-,19+/m0/s1.